The summed E-state index contributed by atoms with van der Waals surface area (Å²) in [5.41, 5.74) is 2.57. The standard InChI is InChI=1S/C9H18N6O/c1-9(4-3-5-16-9)7(11-10)6-8-12-14-15(2)13-8/h7,11H,3-6,10H2,1-2H3. The van der Waals surface area contributed by atoms with Gasteiger partial charge in [-0.1, -0.05) is 0 Å². The van der Waals surface area contributed by atoms with Crippen LogP contribution in [0.3, 0.4) is 0 Å². The van der Waals surface area contributed by atoms with Crippen LogP contribution in [0, 0.1) is 0 Å². The van der Waals surface area contributed by atoms with Crippen LogP contribution in [0.15, 0.2) is 0 Å². The monoisotopic (exact) mass is 226 g/mol. The normalized spacial score (nSPS) is 27.2. The molecule has 7 nitrogen and oxygen atoms in total. The van der Waals surface area contributed by atoms with Crippen molar-refractivity contribution in [2.75, 3.05) is 6.61 Å². The zero-order chi connectivity index (χ0) is 11.6. The Bertz CT molecular complexity index is 346. The highest BCUT2D eigenvalue weighted by atomic mass is 16.5. The number of aryl methyl sites for hydroxylation is 1. The summed E-state index contributed by atoms with van der Waals surface area (Å²) in [7, 11) is 1.75. The molecule has 2 rings (SSSR count). The van der Waals surface area contributed by atoms with E-state index in [2.05, 4.69) is 27.8 Å². The first-order valence-corrected chi connectivity index (χ1v) is 5.47. The second kappa shape index (κ2) is 4.44. The van der Waals surface area contributed by atoms with Gasteiger partial charge in [0.15, 0.2) is 5.82 Å². The molecule has 16 heavy (non-hydrogen) atoms. The number of nitrogens with two attached hydrogens (primary N) is 1. The summed E-state index contributed by atoms with van der Waals surface area (Å²) in [4.78, 5) is 1.45. The average Bonchev–Trinajstić information content (AvgIpc) is 2.85. The predicted molar refractivity (Wildman–Crippen MR) is 57.2 cm³/mol. The lowest BCUT2D eigenvalue weighted by Crippen LogP contribution is -2.52. The first-order chi connectivity index (χ1) is 7.64. The lowest BCUT2D eigenvalue weighted by Gasteiger charge is -2.31. The van der Waals surface area contributed by atoms with Crippen molar-refractivity contribution >= 4 is 0 Å². The number of ether oxygens (including phenoxy) is 1. The van der Waals surface area contributed by atoms with Gasteiger partial charge in [0.25, 0.3) is 0 Å². The number of aromatic nitrogens is 4. The molecule has 0 amide bonds. The van der Waals surface area contributed by atoms with Gasteiger partial charge in [-0.2, -0.15) is 4.80 Å². The first-order valence-electron chi connectivity index (χ1n) is 5.47. The van der Waals surface area contributed by atoms with E-state index in [1.165, 1.54) is 4.80 Å². The molecule has 1 aromatic rings. The largest absolute Gasteiger partial charge is 0.374 e. The fourth-order valence-corrected chi connectivity index (χ4v) is 2.11. The van der Waals surface area contributed by atoms with Crippen molar-refractivity contribution in [2.24, 2.45) is 12.9 Å². The third kappa shape index (κ3) is 2.21. The molecule has 0 bridgehead atoms. The van der Waals surface area contributed by atoms with Gasteiger partial charge < -0.3 is 4.74 Å². The maximum Gasteiger partial charge on any atom is 0.176 e. The second-order valence-corrected chi connectivity index (χ2v) is 4.38. The van der Waals surface area contributed by atoms with Gasteiger partial charge in [0.1, 0.15) is 0 Å². The molecule has 2 unspecified atom stereocenters. The lowest BCUT2D eigenvalue weighted by molar-refractivity contribution is -0.0120. The van der Waals surface area contributed by atoms with Gasteiger partial charge in [-0.15, -0.1) is 10.2 Å². The van der Waals surface area contributed by atoms with E-state index in [-0.39, 0.29) is 11.6 Å². The van der Waals surface area contributed by atoms with Crippen molar-refractivity contribution in [3.05, 3.63) is 5.82 Å². The second-order valence-electron chi connectivity index (χ2n) is 4.38. The van der Waals surface area contributed by atoms with Gasteiger partial charge in [0.05, 0.1) is 18.7 Å². The summed E-state index contributed by atoms with van der Waals surface area (Å²) in [6, 6.07) is 0.0131. The number of rotatable bonds is 4. The molecule has 3 N–H and O–H groups in total. The fraction of sp³-hybridized carbons (Fsp3) is 0.889. The Morgan fingerprint density at radius 1 is 1.69 bits per heavy atom. The Labute approximate surface area is 94.3 Å². The molecule has 1 aromatic heterocycles. The van der Waals surface area contributed by atoms with E-state index in [1.54, 1.807) is 7.05 Å². The van der Waals surface area contributed by atoms with E-state index >= 15 is 0 Å². The maximum atomic E-state index is 5.75. The third-order valence-electron chi connectivity index (χ3n) is 3.12. The van der Waals surface area contributed by atoms with Crippen LogP contribution in [-0.2, 0) is 18.2 Å². The smallest absolute Gasteiger partial charge is 0.176 e. The minimum atomic E-state index is -0.228. The minimum absolute atomic E-state index is 0.0131. The molecule has 1 saturated heterocycles. The highest BCUT2D eigenvalue weighted by Crippen LogP contribution is 2.29. The average molecular weight is 226 g/mol. The molecule has 7 heteroatoms. The van der Waals surface area contributed by atoms with E-state index in [0.29, 0.717) is 12.2 Å². The van der Waals surface area contributed by atoms with Crippen LogP contribution in [0.25, 0.3) is 0 Å². The van der Waals surface area contributed by atoms with Crippen molar-refractivity contribution in [2.45, 2.75) is 37.8 Å². The van der Waals surface area contributed by atoms with Crippen LogP contribution in [-0.4, -0.2) is 38.5 Å². The summed E-state index contributed by atoms with van der Waals surface area (Å²) in [6.45, 7) is 2.86. The Balaban J connectivity index is 2.05. The first kappa shape index (κ1) is 11.4. The van der Waals surface area contributed by atoms with Gasteiger partial charge in [-0.25, -0.2) is 0 Å². The van der Waals surface area contributed by atoms with E-state index in [0.717, 1.165) is 19.4 Å². The number of nitrogens with zero attached hydrogens (tertiary/aromatic N) is 4. The topological polar surface area (TPSA) is 90.9 Å². The molecular formula is C9H18N6O. The van der Waals surface area contributed by atoms with Crippen molar-refractivity contribution in [1.82, 2.24) is 25.6 Å². The van der Waals surface area contributed by atoms with Crippen molar-refractivity contribution in [1.29, 1.82) is 0 Å². The van der Waals surface area contributed by atoms with E-state index in [1.807, 2.05) is 0 Å². The molecule has 0 aromatic carbocycles. The molecule has 0 radical (unpaired) electrons. The Hall–Kier alpha value is -1.05. The number of nitrogens with one attached hydrogen (secondary N) is 1. The van der Waals surface area contributed by atoms with E-state index in [9.17, 15) is 0 Å². The Morgan fingerprint density at radius 2 is 2.50 bits per heavy atom. The van der Waals surface area contributed by atoms with Crippen LogP contribution in [0.5, 0.6) is 0 Å². The molecule has 1 fully saturated rings. The number of hydrazine groups is 1. The van der Waals surface area contributed by atoms with Gasteiger partial charge in [-0.3, -0.25) is 11.3 Å². The lowest BCUT2D eigenvalue weighted by atomic mass is 9.91. The summed E-state index contributed by atoms with van der Waals surface area (Å²) in [6.07, 6.45) is 2.70. The highest BCUT2D eigenvalue weighted by Gasteiger charge is 2.38. The molecule has 1 aliphatic rings. The van der Waals surface area contributed by atoms with Crippen LogP contribution in [0.1, 0.15) is 25.6 Å². The van der Waals surface area contributed by atoms with Crippen LogP contribution >= 0.6 is 0 Å². The van der Waals surface area contributed by atoms with Crippen molar-refractivity contribution < 1.29 is 4.74 Å². The summed E-state index contributed by atoms with van der Waals surface area (Å²) in [5, 5.41) is 11.9. The quantitative estimate of drug-likeness (QED) is 0.513. The molecule has 2 atom stereocenters. The fourth-order valence-electron chi connectivity index (χ4n) is 2.11. The highest BCUT2D eigenvalue weighted by molar-refractivity contribution is 4.97. The van der Waals surface area contributed by atoms with Crippen molar-refractivity contribution in [3.8, 4) is 0 Å². The summed E-state index contributed by atoms with van der Waals surface area (Å²) >= 11 is 0. The number of hydrogen-bond acceptors (Lipinski definition) is 6. The van der Waals surface area contributed by atoms with Crippen LogP contribution in [0.4, 0.5) is 0 Å². The van der Waals surface area contributed by atoms with Gasteiger partial charge in [0.2, 0.25) is 0 Å². The molecule has 2 heterocycles. The molecular weight excluding hydrogens is 208 g/mol. The molecule has 1 aliphatic heterocycles. The molecule has 0 aliphatic carbocycles. The van der Waals surface area contributed by atoms with E-state index in [4.69, 9.17) is 10.6 Å². The van der Waals surface area contributed by atoms with Crippen LogP contribution in [0.2, 0.25) is 0 Å². The zero-order valence-corrected chi connectivity index (χ0v) is 9.68. The number of hydrogen-bond donors (Lipinski definition) is 2. The zero-order valence-electron chi connectivity index (χ0n) is 9.68. The summed E-state index contributed by atoms with van der Waals surface area (Å²) < 4.78 is 5.75. The van der Waals surface area contributed by atoms with Crippen LogP contribution < -0.4 is 11.3 Å². The third-order valence-corrected chi connectivity index (χ3v) is 3.12. The Morgan fingerprint density at radius 3 is 3.00 bits per heavy atom. The molecule has 0 saturated carbocycles. The minimum Gasteiger partial charge on any atom is -0.374 e. The van der Waals surface area contributed by atoms with Gasteiger partial charge in [-0.05, 0) is 25.0 Å². The van der Waals surface area contributed by atoms with Gasteiger partial charge >= 0.3 is 0 Å². The SMILES string of the molecule is Cn1nnc(CC(NN)C2(C)CCCO2)n1. The molecule has 0 spiro atoms. The maximum absolute atomic E-state index is 5.75. The van der Waals surface area contributed by atoms with Gasteiger partial charge in [0, 0.05) is 13.0 Å². The predicted octanol–water partition coefficient (Wildman–Crippen LogP) is -0.846. The summed E-state index contributed by atoms with van der Waals surface area (Å²) in [5.74, 6) is 6.26. The van der Waals surface area contributed by atoms with Crippen molar-refractivity contribution in [3.63, 3.8) is 0 Å². The number of tetrazole rings is 1. The molecule has 90 valence electrons. The van der Waals surface area contributed by atoms with E-state index < -0.39 is 0 Å². The Kier molecular flexibility index (Phi) is 3.17.